The zero-order valence-corrected chi connectivity index (χ0v) is 18.5. The van der Waals surface area contributed by atoms with E-state index in [1.165, 1.54) is 12.8 Å². The number of hydrogen-bond donors (Lipinski definition) is 1. The predicted octanol–water partition coefficient (Wildman–Crippen LogP) is 5.45. The number of hydrazine groups is 1. The summed E-state index contributed by atoms with van der Waals surface area (Å²) < 4.78 is 0. The molecule has 0 aromatic heterocycles. The number of hydrazone groups is 1. The van der Waals surface area contributed by atoms with Crippen LogP contribution in [-0.2, 0) is 4.79 Å². The molecule has 2 heterocycles. The maximum absolute atomic E-state index is 13.2. The van der Waals surface area contributed by atoms with Gasteiger partial charge in [0.2, 0.25) is 0 Å². The number of carbonyl (C=O) groups is 1. The summed E-state index contributed by atoms with van der Waals surface area (Å²) in [7, 11) is 0. The largest absolute Gasteiger partial charge is 0.284 e. The molecule has 30 heavy (non-hydrogen) atoms. The van der Waals surface area contributed by atoms with Crippen LogP contribution in [0.1, 0.15) is 44.2 Å². The van der Waals surface area contributed by atoms with Crippen molar-refractivity contribution < 1.29 is 4.79 Å². The number of para-hydroxylation sites is 1. The van der Waals surface area contributed by atoms with Gasteiger partial charge in [0, 0.05) is 24.0 Å². The van der Waals surface area contributed by atoms with Gasteiger partial charge in [-0.05, 0) is 42.7 Å². The number of benzene rings is 2. The summed E-state index contributed by atoms with van der Waals surface area (Å²) in [4.78, 5) is 13.2. The van der Waals surface area contributed by atoms with Gasteiger partial charge in [-0.3, -0.25) is 15.2 Å². The van der Waals surface area contributed by atoms with Gasteiger partial charge in [0.25, 0.3) is 5.91 Å². The molecule has 0 radical (unpaired) electrons. The number of nitrogens with one attached hydrogen (secondary N) is 1. The van der Waals surface area contributed by atoms with Crippen molar-refractivity contribution in [3.63, 3.8) is 0 Å². The standard InChI is InChI=1S/C23H26Cl2N4O/c1-16-21(23(30)27-28-14-6-2-3-7-15-28)26-29(20-9-5-4-8-19(20)25)22(16)17-10-12-18(24)13-11-17/h4-5,8-13,16,22H,2-3,6-7,14-15H2,1H3,(H,27,30)/t16-,22-/m0/s1. The lowest BCUT2D eigenvalue weighted by Gasteiger charge is -2.27. The van der Waals surface area contributed by atoms with Crippen molar-refractivity contribution in [3.05, 3.63) is 64.1 Å². The Balaban J connectivity index is 1.65. The molecule has 1 N–H and O–H groups in total. The Kier molecular flexibility index (Phi) is 6.61. The molecule has 0 bridgehead atoms. The lowest BCUT2D eigenvalue weighted by Crippen LogP contribution is -2.46. The average Bonchev–Trinajstić information content (AvgIpc) is 2.89. The van der Waals surface area contributed by atoms with Crippen molar-refractivity contribution in [1.82, 2.24) is 10.4 Å². The average molecular weight is 445 g/mol. The van der Waals surface area contributed by atoms with Crippen LogP contribution in [0, 0.1) is 5.92 Å². The van der Waals surface area contributed by atoms with Crippen molar-refractivity contribution in [2.75, 3.05) is 18.1 Å². The van der Waals surface area contributed by atoms with Crippen LogP contribution in [0.2, 0.25) is 10.0 Å². The number of amides is 1. The van der Waals surface area contributed by atoms with Crippen LogP contribution in [0.3, 0.4) is 0 Å². The molecule has 2 aliphatic rings. The van der Waals surface area contributed by atoms with Crippen LogP contribution in [0.25, 0.3) is 0 Å². The maximum atomic E-state index is 13.2. The molecule has 0 aliphatic carbocycles. The first-order valence-electron chi connectivity index (χ1n) is 10.5. The van der Waals surface area contributed by atoms with E-state index >= 15 is 0 Å². The van der Waals surface area contributed by atoms with Gasteiger partial charge >= 0.3 is 0 Å². The van der Waals surface area contributed by atoms with Gasteiger partial charge < -0.3 is 0 Å². The first-order valence-corrected chi connectivity index (χ1v) is 11.2. The molecule has 7 heteroatoms. The fraction of sp³-hybridized carbons (Fsp3) is 0.391. The summed E-state index contributed by atoms with van der Waals surface area (Å²) in [5.41, 5.74) is 5.41. The molecular formula is C23H26Cl2N4O. The molecule has 2 aromatic carbocycles. The Labute approximate surface area is 187 Å². The number of nitrogens with zero attached hydrogens (tertiary/aromatic N) is 3. The molecule has 1 fully saturated rings. The van der Waals surface area contributed by atoms with Gasteiger partial charge in [-0.1, -0.05) is 67.2 Å². The lowest BCUT2D eigenvalue weighted by molar-refractivity contribution is -0.119. The van der Waals surface area contributed by atoms with Gasteiger partial charge in [0.05, 0.1) is 16.8 Å². The summed E-state index contributed by atoms with van der Waals surface area (Å²) in [6, 6.07) is 15.1. The minimum absolute atomic E-state index is 0.116. The highest BCUT2D eigenvalue weighted by atomic mass is 35.5. The Morgan fingerprint density at radius 2 is 1.67 bits per heavy atom. The Morgan fingerprint density at radius 1 is 1.00 bits per heavy atom. The highest BCUT2D eigenvalue weighted by Gasteiger charge is 2.40. The highest BCUT2D eigenvalue weighted by Crippen LogP contribution is 2.41. The molecule has 2 aliphatic heterocycles. The van der Waals surface area contributed by atoms with E-state index in [9.17, 15) is 4.79 Å². The molecule has 1 saturated heterocycles. The van der Waals surface area contributed by atoms with E-state index in [4.69, 9.17) is 28.3 Å². The van der Waals surface area contributed by atoms with E-state index in [2.05, 4.69) is 5.43 Å². The van der Waals surface area contributed by atoms with Crippen molar-refractivity contribution >= 4 is 40.5 Å². The third kappa shape index (κ3) is 4.48. The second-order valence-electron chi connectivity index (χ2n) is 7.91. The summed E-state index contributed by atoms with van der Waals surface area (Å²) in [5, 5.41) is 9.93. The Morgan fingerprint density at radius 3 is 2.33 bits per heavy atom. The minimum atomic E-state index is -0.146. The molecule has 1 amide bonds. The van der Waals surface area contributed by atoms with Crippen molar-refractivity contribution in [3.8, 4) is 0 Å². The fourth-order valence-electron chi connectivity index (χ4n) is 4.20. The molecule has 0 saturated carbocycles. The van der Waals surface area contributed by atoms with Crippen LogP contribution in [0.5, 0.6) is 0 Å². The monoisotopic (exact) mass is 444 g/mol. The number of rotatable bonds is 4. The zero-order chi connectivity index (χ0) is 21.1. The number of anilines is 1. The molecule has 2 atom stereocenters. The molecule has 0 spiro atoms. The zero-order valence-electron chi connectivity index (χ0n) is 17.0. The summed E-state index contributed by atoms with van der Waals surface area (Å²) in [5.74, 6) is -0.257. The smallest absolute Gasteiger partial charge is 0.282 e. The second kappa shape index (κ2) is 9.38. The Bertz CT molecular complexity index is 923. The number of halogens is 2. The first-order chi connectivity index (χ1) is 14.5. The van der Waals surface area contributed by atoms with E-state index in [-0.39, 0.29) is 17.9 Å². The van der Waals surface area contributed by atoms with E-state index < -0.39 is 0 Å². The molecule has 5 nitrogen and oxygen atoms in total. The minimum Gasteiger partial charge on any atom is -0.284 e. The SMILES string of the molecule is C[C@H]1C(C(=O)NN2CCCCCC2)=NN(c2ccccc2Cl)[C@@H]1c1ccc(Cl)cc1. The quantitative estimate of drug-likeness (QED) is 0.681. The Hall–Kier alpha value is -2.08. The summed E-state index contributed by atoms with van der Waals surface area (Å²) in [6.45, 7) is 3.79. The van der Waals surface area contributed by atoms with Gasteiger partial charge in [0.15, 0.2) is 0 Å². The molecule has 4 rings (SSSR count). The van der Waals surface area contributed by atoms with E-state index in [1.54, 1.807) is 0 Å². The second-order valence-corrected chi connectivity index (χ2v) is 8.75. The molecule has 2 aromatic rings. The van der Waals surface area contributed by atoms with Crippen LogP contribution in [0.15, 0.2) is 53.6 Å². The van der Waals surface area contributed by atoms with Crippen LogP contribution >= 0.6 is 23.2 Å². The van der Waals surface area contributed by atoms with Gasteiger partial charge in [-0.25, -0.2) is 5.01 Å². The number of hydrogen-bond acceptors (Lipinski definition) is 4. The maximum Gasteiger partial charge on any atom is 0.282 e. The summed E-state index contributed by atoms with van der Waals surface area (Å²) >= 11 is 12.6. The third-order valence-electron chi connectivity index (χ3n) is 5.79. The van der Waals surface area contributed by atoms with Crippen molar-refractivity contribution in [1.29, 1.82) is 0 Å². The molecular weight excluding hydrogens is 419 g/mol. The molecule has 158 valence electrons. The van der Waals surface area contributed by atoms with E-state index in [0.717, 1.165) is 37.2 Å². The normalized spacial score (nSPS) is 22.5. The van der Waals surface area contributed by atoms with Gasteiger partial charge in [-0.2, -0.15) is 5.10 Å². The van der Waals surface area contributed by atoms with Gasteiger partial charge in [-0.15, -0.1) is 0 Å². The molecule has 0 unspecified atom stereocenters. The van der Waals surface area contributed by atoms with Crippen LogP contribution in [-0.4, -0.2) is 29.7 Å². The van der Waals surface area contributed by atoms with Gasteiger partial charge in [0.1, 0.15) is 5.71 Å². The van der Waals surface area contributed by atoms with Crippen LogP contribution in [0.4, 0.5) is 5.69 Å². The third-order valence-corrected chi connectivity index (χ3v) is 6.36. The first kappa shape index (κ1) is 21.2. The topological polar surface area (TPSA) is 47.9 Å². The summed E-state index contributed by atoms with van der Waals surface area (Å²) in [6.07, 6.45) is 4.62. The fourth-order valence-corrected chi connectivity index (χ4v) is 4.55. The van der Waals surface area contributed by atoms with Crippen molar-refractivity contribution in [2.45, 2.75) is 38.6 Å². The predicted molar refractivity (Wildman–Crippen MR) is 123 cm³/mol. The van der Waals surface area contributed by atoms with E-state index in [1.807, 2.05) is 65.5 Å². The lowest BCUT2D eigenvalue weighted by atomic mass is 9.91. The van der Waals surface area contributed by atoms with Crippen molar-refractivity contribution in [2.24, 2.45) is 11.0 Å². The highest BCUT2D eigenvalue weighted by molar-refractivity contribution is 6.40. The van der Waals surface area contributed by atoms with Crippen LogP contribution < -0.4 is 10.4 Å². The number of carbonyl (C=O) groups excluding carboxylic acids is 1. The van der Waals surface area contributed by atoms with E-state index in [0.29, 0.717) is 15.8 Å².